The van der Waals surface area contributed by atoms with E-state index in [-0.39, 0.29) is 0 Å². The molecule has 0 heterocycles. The Hall–Kier alpha value is -1.77. The number of carbonyl (C=O) groups is 1. The molecule has 18 heavy (non-hydrogen) atoms. The minimum Gasteiger partial charge on any atom is -0.497 e. The Morgan fingerprint density at radius 2 is 2.11 bits per heavy atom. The van der Waals surface area contributed by atoms with E-state index in [2.05, 4.69) is 0 Å². The fourth-order valence-corrected chi connectivity index (χ4v) is 2.61. The van der Waals surface area contributed by atoms with Gasteiger partial charge in [0.2, 0.25) is 0 Å². The summed E-state index contributed by atoms with van der Waals surface area (Å²) < 4.78 is 5.20. The third-order valence-electron chi connectivity index (χ3n) is 3.48. The summed E-state index contributed by atoms with van der Waals surface area (Å²) in [5.74, 6) is 0.259. The molecule has 0 saturated heterocycles. The van der Waals surface area contributed by atoms with Gasteiger partial charge in [0.05, 0.1) is 7.11 Å². The smallest absolute Gasteiger partial charge is 0.328 e. The quantitative estimate of drug-likeness (QED) is 0.829. The molecule has 1 N–H and O–H groups in total. The number of hydrogen-bond donors (Lipinski definition) is 1. The van der Waals surface area contributed by atoms with Crippen molar-refractivity contribution < 1.29 is 14.6 Å². The molecular weight excluding hydrogens is 228 g/mol. The molecule has 3 heteroatoms. The second kappa shape index (κ2) is 5.71. The molecule has 1 aromatic rings. The van der Waals surface area contributed by atoms with Crippen LogP contribution < -0.4 is 4.74 Å². The van der Waals surface area contributed by atoms with Gasteiger partial charge >= 0.3 is 5.97 Å². The second-order valence-electron chi connectivity index (χ2n) is 4.65. The lowest BCUT2D eigenvalue weighted by atomic mass is 9.90. The van der Waals surface area contributed by atoms with Crippen molar-refractivity contribution in [3.05, 3.63) is 35.9 Å². The topological polar surface area (TPSA) is 46.5 Å². The summed E-state index contributed by atoms with van der Waals surface area (Å²) in [6, 6.07) is 7.64. The molecule has 0 aliphatic heterocycles. The van der Waals surface area contributed by atoms with E-state index >= 15 is 0 Å². The summed E-state index contributed by atoms with van der Waals surface area (Å²) in [6.45, 7) is 0. The Morgan fingerprint density at radius 1 is 1.39 bits per heavy atom. The lowest BCUT2D eigenvalue weighted by Crippen LogP contribution is -2.02. The number of aliphatic carboxylic acids is 1. The van der Waals surface area contributed by atoms with Crippen LogP contribution in [0.1, 0.15) is 31.2 Å². The minimum absolute atomic E-state index is 0.369. The number of hydrogen-bond acceptors (Lipinski definition) is 2. The number of rotatable bonds is 4. The maximum atomic E-state index is 11.0. The van der Waals surface area contributed by atoms with E-state index in [4.69, 9.17) is 9.84 Å². The Balaban J connectivity index is 2.35. The first-order valence-corrected chi connectivity index (χ1v) is 6.29. The molecule has 1 aromatic carbocycles. The van der Waals surface area contributed by atoms with Gasteiger partial charge in [-0.3, -0.25) is 0 Å². The molecule has 96 valence electrons. The molecular formula is C15H18O3. The monoisotopic (exact) mass is 246 g/mol. The second-order valence-corrected chi connectivity index (χ2v) is 4.65. The highest BCUT2D eigenvalue weighted by molar-refractivity contribution is 5.90. The van der Waals surface area contributed by atoms with Crippen molar-refractivity contribution in [3.63, 3.8) is 0 Å². The third kappa shape index (κ3) is 2.92. The summed E-state index contributed by atoms with van der Waals surface area (Å²) in [7, 11) is 1.62. The van der Waals surface area contributed by atoms with E-state index in [9.17, 15) is 4.79 Å². The lowest BCUT2D eigenvalue weighted by Gasteiger charge is -2.15. The van der Waals surface area contributed by atoms with Gasteiger partial charge in [-0.1, -0.05) is 25.0 Å². The van der Waals surface area contributed by atoms with Crippen molar-refractivity contribution in [2.24, 2.45) is 5.92 Å². The summed E-state index contributed by atoms with van der Waals surface area (Å²) in [5, 5.41) is 9.02. The van der Waals surface area contributed by atoms with Gasteiger partial charge in [0.1, 0.15) is 5.75 Å². The van der Waals surface area contributed by atoms with Crippen LogP contribution in [-0.2, 0) is 4.79 Å². The molecule has 1 fully saturated rings. The van der Waals surface area contributed by atoms with Crippen LogP contribution in [-0.4, -0.2) is 18.2 Å². The van der Waals surface area contributed by atoms with Crippen LogP contribution in [0.15, 0.2) is 30.3 Å². The Kier molecular flexibility index (Phi) is 4.03. The zero-order valence-corrected chi connectivity index (χ0v) is 10.6. The van der Waals surface area contributed by atoms with Crippen LogP contribution >= 0.6 is 0 Å². The van der Waals surface area contributed by atoms with Crippen LogP contribution in [0.5, 0.6) is 5.75 Å². The molecule has 1 aliphatic carbocycles. The number of carboxylic acid groups (broad SMARTS) is 1. The van der Waals surface area contributed by atoms with Gasteiger partial charge < -0.3 is 9.84 Å². The first-order valence-electron chi connectivity index (χ1n) is 6.29. The molecule has 1 saturated carbocycles. The van der Waals surface area contributed by atoms with Crippen LogP contribution in [0.3, 0.4) is 0 Å². The highest BCUT2D eigenvalue weighted by Gasteiger charge is 2.21. The summed E-state index contributed by atoms with van der Waals surface area (Å²) in [6.07, 6.45) is 5.88. The van der Waals surface area contributed by atoms with Gasteiger partial charge in [-0.2, -0.15) is 0 Å². The van der Waals surface area contributed by atoms with E-state index < -0.39 is 5.97 Å². The van der Waals surface area contributed by atoms with Crippen LogP contribution in [0.2, 0.25) is 0 Å². The third-order valence-corrected chi connectivity index (χ3v) is 3.48. The maximum Gasteiger partial charge on any atom is 0.328 e. The summed E-state index contributed by atoms with van der Waals surface area (Å²) in [5.41, 5.74) is 1.89. The molecule has 0 spiro atoms. The summed E-state index contributed by atoms with van der Waals surface area (Å²) >= 11 is 0. The van der Waals surface area contributed by atoms with E-state index in [1.165, 1.54) is 18.9 Å². The van der Waals surface area contributed by atoms with Crippen molar-refractivity contribution in [2.45, 2.75) is 25.7 Å². The molecule has 0 unspecified atom stereocenters. The van der Waals surface area contributed by atoms with Gasteiger partial charge in [-0.25, -0.2) is 4.79 Å². The van der Waals surface area contributed by atoms with Crippen molar-refractivity contribution in [2.75, 3.05) is 7.11 Å². The van der Waals surface area contributed by atoms with Crippen molar-refractivity contribution in [1.29, 1.82) is 0 Å². The highest BCUT2D eigenvalue weighted by Crippen LogP contribution is 2.37. The van der Waals surface area contributed by atoms with Crippen molar-refractivity contribution in [3.8, 4) is 5.75 Å². The average molecular weight is 246 g/mol. The minimum atomic E-state index is -0.875. The van der Waals surface area contributed by atoms with Crippen molar-refractivity contribution in [1.82, 2.24) is 0 Å². The molecule has 0 aromatic heterocycles. The predicted octanol–water partition coefficient (Wildman–Crippen LogP) is 3.35. The number of methoxy groups -OCH3 is 1. The molecule has 0 atom stereocenters. The van der Waals surface area contributed by atoms with Crippen LogP contribution in [0.25, 0.3) is 5.57 Å². The van der Waals surface area contributed by atoms with Gasteiger partial charge in [-0.15, -0.1) is 0 Å². The Labute approximate surface area is 107 Å². The molecule has 2 rings (SSSR count). The fourth-order valence-electron chi connectivity index (χ4n) is 2.61. The number of carboxylic acids is 1. The lowest BCUT2D eigenvalue weighted by molar-refractivity contribution is -0.131. The molecule has 0 amide bonds. The van der Waals surface area contributed by atoms with E-state index in [1.54, 1.807) is 7.11 Å². The van der Waals surface area contributed by atoms with Crippen LogP contribution in [0, 0.1) is 5.92 Å². The van der Waals surface area contributed by atoms with Crippen LogP contribution in [0.4, 0.5) is 0 Å². The number of allylic oxidation sites excluding steroid dienone is 1. The van der Waals surface area contributed by atoms with Gasteiger partial charge in [-0.05, 0) is 42.0 Å². The molecule has 3 nitrogen and oxygen atoms in total. The molecule has 0 bridgehead atoms. The fraction of sp³-hybridized carbons (Fsp3) is 0.400. The SMILES string of the molecule is COc1cccc(/C(=C/C(=O)O)C2CCCC2)c1. The first kappa shape index (κ1) is 12.7. The molecule has 1 aliphatic rings. The Morgan fingerprint density at radius 3 is 2.72 bits per heavy atom. The number of benzene rings is 1. The normalized spacial score (nSPS) is 16.8. The Bertz CT molecular complexity index is 457. The van der Waals surface area contributed by atoms with E-state index in [1.807, 2.05) is 24.3 Å². The zero-order valence-electron chi connectivity index (χ0n) is 10.6. The molecule has 0 radical (unpaired) electrons. The maximum absolute atomic E-state index is 11.0. The van der Waals surface area contributed by atoms with E-state index in [0.717, 1.165) is 29.7 Å². The first-order chi connectivity index (χ1) is 8.70. The van der Waals surface area contributed by atoms with Gasteiger partial charge in [0.25, 0.3) is 0 Å². The highest BCUT2D eigenvalue weighted by atomic mass is 16.5. The standard InChI is InChI=1S/C15H18O3/c1-18-13-8-4-7-12(9-13)14(10-15(16)17)11-5-2-3-6-11/h4,7-11H,2-3,5-6H2,1H3,(H,16,17)/b14-10+. The summed E-state index contributed by atoms with van der Waals surface area (Å²) in [4.78, 5) is 11.0. The zero-order chi connectivity index (χ0) is 13.0. The average Bonchev–Trinajstić information content (AvgIpc) is 2.89. The largest absolute Gasteiger partial charge is 0.497 e. The number of ether oxygens (including phenoxy) is 1. The van der Waals surface area contributed by atoms with Gasteiger partial charge in [0.15, 0.2) is 0 Å². The van der Waals surface area contributed by atoms with Gasteiger partial charge in [0, 0.05) is 6.08 Å². The van der Waals surface area contributed by atoms with E-state index in [0.29, 0.717) is 5.92 Å². The van der Waals surface area contributed by atoms with Crippen molar-refractivity contribution >= 4 is 11.5 Å². The predicted molar refractivity (Wildman–Crippen MR) is 70.6 cm³/mol.